The monoisotopic (exact) mass is 207 g/mol. The molecule has 0 amide bonds. The van der Waals surface area contributed by atoms with E-state index in [0.717, 1.165) is 0 Å². The van der Waals surface area contributed by atoms with Crippen LogP contribution in [0.25, 0.3) is 0 Å². The standard InChI is InChI=1S/C11H15NO2/c1-8(12-2)5-9-3-4-10-11(6-9)14-7-13-10/h3-4,6,8,12H,5,7H2,1-2H3/i1D3,2D3,3D,4D,5D2,6D,7D2/hD. The smallest absolute Gasteiger partial charge is 0.231 e. The lowest BCUT2D eigenvalue weighted by molar-refractivity contribution is 0.174. The SMILES string of the molecule is [2H]c1c([2H])c(C([2H])([2H])C(N([2H])C([2H])([2H])[2H])C([2H])([2H])[2H])c([2H])c2c1OC([2H])([2H])O2. The molecule has 0 saturated heterocycles. The molecule has 0 saturated carbocycles. The average molecular weight is 207 g/mol. The number of likely N-dealkylation sites (N-methyl/N-ethyl adjacent to an activating group) is 1. The zero-order valence-electron chi connectivity index (χ0n) is 20.8. The fourth-order valence-corrected chi connectivity index (χ4v) is 0.867. The first-order chi connectivity index (χ1) is 12.3. The number of benzene rings is 1. The molecule has 2 rings (SSSR count). The molecule has 1 atom stereocenters. The fourth-order valence-electron chi connectivity index (χ4n) is 0.867. The van der Waals surface area contributed by atoms with Crippen molar-refractivity contribution in [3.63, 3.8) is 0 Å². The summed E-state index contributed by atoms with van der Waals surface area (Å²) in [6, 6.07) is -5.50. The topological polar surface area (TPSA) is 30.5 Å². The van der Waals surface area contributed by atoms with E-state index in [1.165, 1.54) is 0 Å². The highest BCUT2D eigenvalue weighted by molar-refractivity contribution is 5.44. The van der Waals surface area contributed by atoms with Crippen molar-refractivity contribution in [1.82, 2.24) is 5.31 Å². The summed E-state index contributed by atoms with van der Waals surface area (Å²) in [6.45, 7) is -9.50. The summed E-state index contributed by atoms with van der Waals surface area (Å²) in [5.41, 5.74) is -1.03. The van der Waals surface area contributed by atoms with Crippen LogP contribution in [0.15, 0.2) is 18.1 Å². The van der Waals surface area contributed by atoms with Crippen LogP contribution in [0.4, 0.5) is 0 Å². The molecule has 3 nitrogen and oxygen atoms in total. The molecular weight excluding hydrogens is 178 g/mol. The molecule has 3 heteroatoms. The second-order valence-electron chi connectivity index (χ2n) is 2.37. The van der Waals surface area contributed by atoms with Gasteiger partial charge in [-0.15, -0.1) is 0 Å². The van der Waals surface area contributed by atoms with Gasteiger partial charge in [0.25, 0.3) is 0 Å². The fraction of sp³-hybridized carbons (Fsp3) is 0.455. The third-order valence-electron chi connectivity index (χ3n) is 1.44. The summed E-state index contributed by atoms with van der Waals surface area (Å²) in [6.07, 6.45) is -3.31. The first-order valence-corrected chi connectivity index (χ1v) is 3.63. The van der Waals surface area contributed by atoms with Gasteiger partial charge < -0.3 is 14.8 Å². The summed E-state index contributed by atoms with van der Waals surface area (Å²) in [5, 5.41) is -0.438. The number of rotatable bonds is 3. The van der Waals surface area contributed by atoms with Crippen LogP contribution in [0.2, 0.25) is 1.41 Å². The average Bonchev–Trinajstić information content (AvgIpc) is 2.78. The molecule has 1 unspecified atom stereocenters. The summed E-state index contributed by atoms with van der Waals surface area (Å²) in [7, 11) is 0. The first-order valence-electron chi connectivity index (χ1n) is 10.6. The molecule has 0 aliphatic carbocycles. The van der Waals surface area contributed by atoms with Crippen molar-refractivity contribution in [2.75, 3.05) is 13.7 Å². The lowest BCUT2D eigenvalue weighted by Crippen LogP contribution is -2.23. The van der Waals surface area contributed by atoms with Gasteiger partial charge in [-0.1, -0.05) is 6.04 Å². The first kappa shape index (κ1) is 2.30. The van der Waals surface area contributed by atoms with Gasteiger partial charge in [-0.25, -0.2) is 0 Å². The number of fused-ring (bicyclic) bond motifs is 1. The van der Waals surface area contributed by atoms with E-state index in [2.05, 4.69) is 0 Å². The van der Waals surface area contributed by atoms with Gasteiger partial charge in [-0.3, -0.25) is 0 Å². The van der Waals surface area contributed by atoms with Crippen LogP contribution in [0.5, 0.6) is 11.5 Å². The maximum absolute atomic E-state index is 8.21. The Morgan fingerprint density at radius 3 is 3.57 bits per heavy atom. The molecule has 1 aliphatic heterocycles. The Balaban J connectivity index is 2.76. The predicted octanol–water partition coefficient (Wildman–Crippen LogP) is 1.57. The van der Waals surface area contributed by atoms with Crippen molar-refractivity contribution in [3.05, 3.63) is 23.7 Å². The van der Waals surface area contributed by atoms with Gasteiger partial charge in [-0.2, -0.15) is 0 Å². The van der Waals surface area contributed by atoms with Gasteiger partial charge in [-0.05, 0) is 37.8 Å². The van der Waals surface area contributed by atoms with E-state index >= 15 is 0 Å². The number of nitrogens with one attached hydrogen (secondary N) is 1. The van der Waals surface area contributed by atoms with E-state index in [1.807, 2.05) is 0 Å². The number of hydrogen-bond acceptors (Lipinski definition) is 3. The predicted molar refractivity (Wildman–Crippen MR) is 54.8 cm³/mol. The summed E-state index contributed by atoms with van der Waals surface area (Å²) < 4.78 is 116. The van der Waals surface area contributed by atoms with Gasteiger partial charge in [0, 0.05) is 17.0 Å². The molecule has 1 heterocycles. The molecule has 1 aromatic rings. The minimum atomic E-state index is -3.37. The van der Waals surface area contributed by atoms with Crippen molar-refractivity contribution in [2.24, 2.45) is 0 Å². The Morgan fingerprint density at radius 1 is 1.79 bits per heavy atom. The van der Waals surface area contributed by atoms with Crippen molar-refractivity contribution >= 4 is 0 Å². The van der Waals surface area contributed by atoms with Crippen molar-refractivity contribution < 1.29 is 28.7 Å². The molecule has 0 aromatic heterocycles. The molecule has 0 bridgehead atoms. The highest BCUT2D eigenvalue weighted by Crippen LogP contribution is 2.32. The highest BCUT2D eigenvalue weighted by Gasteiger charge is 2.13. The van der Waals surface area contributed by atoms with Crippen LogP contribution < -0.4 is 14.8 Å². The lowest BCUT2D eigenvalue weighted by Gasteiger charge is -2.09. The summed E-state index contributed by atoms with van der Waals surface area (Å²) >= 11 is 0. The number of ether oxygens (including phenoxy) is 2. The normalized spacial score (nSPS) is 36.9. The Hall–Kier alpha value is -1.22. The zero-order chi connectivity index (χ0) is 22.0. The second kappa shape index (κ2) is 3.88. The van der Waals surface area contributed by atoms with Crippen LogP contribution in [0.1, 0.15) is 30.2 Å². The Bertz CT molecular complexity index is 785. The molecule has 1 aromatic carbocycles. The van der Waals surface area contributed by atoms with Gasteiger partial charge in [0.05, 0.1) is 4.11 Å². The van der Waals surface area contributed by atoms with Gasteiger partial charge in [0.1, 0.15) is 4.15 Å². The molecule has 0 spiro atoms. The van der Waals surface area contributed by atoms with Crippen molar-refractivity contribution in [3.8, 4) is 11.5 Å². The molecular formula is C11H15NO2. The van der Waals surface area contributed by atoms with E-state index in [0.29, 0.717) is 0 Å². The molecule has 0 radical (unpaired) electrons. The van der Waals surface area contributed by atoms with E-state index in [1.54, 1.807) is 0 Å². The van der Waals surface area contributed by atoms with E-state index in [-0.39, 0.29) is 0 Å². The minimum Gasteiger partial charge on any atom is -0.454 e. The second-order valence-corrected chi connectivity index (χ2v) is 2.37. The largest absolute Gasteiger partial charge is 0.454 e. The van der Waals surface area contributed by atoms with E-state index in [9.17, 15) is 0 Å². The summed E-state index contributed by atoms with van der Waals surface area (Å²) in [4.78, 5) is 0. The molecule has 1 aliphatic rings. The van der Waals surface area contributed by atoms with Gasteiger partial charge >= 0.3 is 0 Å². The molecule has 0 fully saturated rings. The Morgan fingerprint density at radius 2 is 2.71 bits per heavy atom. The summed E-state index contributed by atoms with van der Waals surface area (Å²) in [5.74, 6) is -1.36. The lowest BCUT2D eigenvalue weighted by atomic mass is 10.1. The molecule has 76 valence electrons. The van der Waals surface area contributed by atoms with Crippen LogP contribution in [-0.2, 0) is 6.37 Å². The van der Waals surface area contributed by atoms with E-state index < -0.39 is 73.5 Å². The molecule has 1 N–H and O–H groups in total. The Kier molecular flexibility index (Phi) is 0.637. The minimum absolute atomic E-state index is 0.438. The van der Waals surface area contributed by atoms with Crippen LogP contribution in [0.3, 0.4) is 0 Å². The number of hydrogen-bond donors (Lipinski definition) is 1. The van der Waals surface area contributed by atoms with Crippen molar-refractivity contribution in [1.29, 1.82) is 0 Å². The zero-order valence-corrected chi connectivity index (χ0v) is 6.84. The third kappa shape index (κ3) is 1.82. The quantitative estimate of drug-likeness (QED) is 0.816. The highest BCUT2D eigenvalue weighted by atomic mass is 16.7. The van der Waals surface area contributed by atoms with Gasteiger partial charge in [0.2, 0.25) is 6.75 Å². The van der Waals surface area contributed by atoms with E-state index in [4.69, 9.17) is 28.7 Å². The van der Waals surface area contributed by atoms with Crippen molar-refractivity contribution in [2.45, 2.75) is 19.3 Å². The maximum atomic E-state index is 8.21. The molecule has 14 heavy (non-hydrogen) atoms. The van der Waals surface area contributed by atoms with Crippen LogP contribution >= 0.6 is 0 Å². The Labute approximate surface area is 104 Å². The van der Waals surface area contributed by atoms with Gasteiger partial charge in [0.15, 0.2) is 11.5 Å². The van der Waals surface area contributed by atoms with Crippen LogP contribution in [0, 0.1) is 0 Å². The maximum Gasteiger partial charge on any atom is 0.231 e. The third-order valence-corrected chi connectivity index (χ3v) is 1.44. The van der Waals surface area contributed by atoms with Crippen LogP contribution in [-0.4, -0.2) is 19.8 Å².